The van der Waals surface area contributed by atoms with Crippen LogP contribution in [-0.2, 0) is 0 Å². The molecule has 1 N–H and O–H groups in total. The molecule has 5 nitrogen and oxygen atoms in total. The zero-order valence-electron chi connectivity index (χ0n) is 11.2. The third-order valence-electron chi connectivity index (χ3n) is 3.00. The van der Waals surface area contributed by atoms with Gasteiger partial charge in [0.1, 0.15) is 5.15 Å². The van der Waals surface area contributed by atoms with Crippen molar-refractivity contribution in [3.8, 4) is 0 Å². The van der Waals surface area contributed by atoms with Crippen LogP contribution < -0.4 is 5.32 Å². The van der Waals surface area contributed by atoms with Crippen LogP contribution in [0.25, 0.3) is 11.0 Å². The second-order valence-corrected chi connectivity index (χ2v) is 4.90. The summed E-state index contributed by atoms with van der Waals surface area (Å²) in [6.45, 7) is 1.83. The van der Waals surface area contributed by atoms with Gasteiger partial charge in [-0.3, -0.25) is 14.8 Å². The van der Waals surface area contributed by atoms with E-state index in [0.717, 1.165) is 11.1 Å². The van der Waals surface area contributed by atoms with Crippen molar-refractivity contribution < 1.29 is 4.79 Å². The lowest BCUT2D eigenvalue weighted by atomic mass is 10.1. The average molecular weight is 299 g/mol. The summed E-state index contributed by atoms with van der Waals surface area (Å²) in [5, 5.41) is 3.21. The molecule has 0 spiro atoms. The van der Waals surface area contributed by atoms with Gasteiger partial charge in [-0.2, -0.15) is 0 Å². The topological polar surface area (TPSA) is 67.8 Å². The number of fused-ring (bicyclic) bond motifs is 1. The molecule has 0 saturated heterocycles. The number of nitrogens with one attached hydrogen (secondary N) is 1. The summed E-state index contributed by atoms with van der Waals surface area (Å²) in [5.41, 5.74) is 3.34. The van der Waals surface area contributed by atoms with Crippen LogP contribution in [0.4, 0.5) is 5.69 Å². The third-order valence-corrected chi connectivity index (χ3v) is 3.40. The Labute approximate surface area is 126 Å². The van der Waals surface area contributed by atoms with Crippen molar-refractivity contribution in [1.82, 2.24) is 15.0 Å². The first-order valence-corrected chi connectivity index (χ1v) is 6.65. The number of amides is 1. The number of aromatic nitrogens is 3. The van der Waals surface area contributed by atoms with Gasteiger partial charge in [-0.1, -0.05) is 11.6 Å². The fourth-order valence-electron chi connectivity index (χ4n) is 1.93. The molecule has 2 heterocycles. The van der Waals surface area contributed by atoms with E-state index in [9.17, 15) is 4.79 Å². The van der Waals surface area contributed by atoms with Crippen LogP contribution in [0.3, 0.4) is 0 Å². The maximum atomic E-state index is 12.2. The minimum atomic E-state index is -0.230. The normalized spacial score (nSPS) is 10.6. The molecule has 0 atom stereocenters. The minimum absolute atomic E-state index is 0.230. The van der Waals surface area contributed by atoms with Crippen LogP contribution in [0.1, 0.15) is 15.9 Å². The molecule has 2 aromatic heterocycles. The standard InChI is InChI=1S/C15H11ClN4O/c1-9-6-11(8-19-14(9)16)20-15(21)10-2-3-12-13(7-10)18-5-4-17-12/h2-8H,1H3,(H,20,21). The molecule has 0 bridgehead atoms. The smallest absolute Gasteiger partial charge is 0.255 e. The first-order chi connectivity index (χ1) is 10.1. The van der Waals surface area contributed by atoms with Crippen LogP contribution in [0.15, 0.2) is 42.9 Å². The van der Waals surface area contributed by atoms with E-state index in [1.807, 2.05) is 6.92 Å². The first-order valence-electron chi connectivity index (χ1n) is 6.28. The Kier molecular flexibility index (Phi) is 3.50. The molecule has 0 saturated carbocycles. The number of anilines is 1. The Morgan fingerprint density at radius 3 is 2.62 bits per heavy atom. The van der Waals surface area contributed by atoms with Gasteiger partial charge >= 0.3 is 0 Å². The number of nitrogens with zero attached hydrogens (tertiary/aromatic N) is 3. The molecule has 0 unspecified atom stereocenters. The lowest BCUT2D eigenvalue weighted by Crippen LogP contribution is -2.12. The van der Waals surface area contributed by atoms with E-state index >= 15 is 0 Å². The molecule has 104 valence electrons. The van der Waals surface area contributed by atoms with Crippen molar-refractivity contribution in [1.29, 1.82) is 0 Å². The van der Waals surface area contributed by atoms with Crippen LogP contribution in [0, 0.1) is 6.92 Å². The predicted molar refractivity (Wildman–Crippen MR) is 81.5 cm³/mol. The Balaban J connectivity index is 1.87. The largest absolute Gasteiger partial charge is 0.321 e. The highest BCUT2D eigenvalue weighted by molar-refractivity contribution is 6.30. The van der Waals surface area contributed by atoms with Crippen molar-refractivity contribution in [2.45, 2.75) is 6.92 Å². The van der Waals surface area contributed by atoms with Crippen molar-refractivity contribution in [2.24, 2.45) is 0 Å². The number of aryl methyl sites for hydroxylation is 1. The number of pyridine rings is 1. The predicted octanol–water partition coefficient (Wildman–Crippen LogP) is 3.24. The maximum absolute atomic E-state index is 12.2. The van der Waals surface area contributed by atoms with E-state index in [2.05, 4.69) is 20.3 Å². The Hall–Kier alpha value is -2.53. The Morgan fingerprint density at radius 1 is 1.10 bits per heavy atom. The molecule has 1 amide bonds. The number of hydrogen-bond donors (Lipinski definition) is 1. The van der Waals surface area contributed by atoms with Crippen molar-refractivity contribution in [3.05, 3.63) is 59.1 Å². The number of carbonyl (C=O) groups is 1. The Morgan fingerprint density at radius 2 is 1.86 bits per heavy atom. The molecule has 1 aromatic carbocycles. The molecule has 0 aliphatic rings. The highest BCUT2D eigenvalue weighted by Gasteiger charge is 2.09. The van der Waals surface area contributed by atoms with Gasteiger partial charge in [-0.15, -0.1) is 0 Å². The maximum Gasteiger partial charge on any atom is 0.255 e. The fraction of sp³-hybridized carbons (Fsp3) is 0.0667. The number of benzene rings is 1. The molecular weight excluding hydrogens is 288 g/mol. The summed E-state index contributed by atoms with van der Waals surface area (Å²) >= 11 is 5.86. The van der Waals surface area contributed by atoms with E-state index in [4.69, 9.17) is 11.6 Å². The summed E-state index contributed by atoms with van der Waals surface area (Å²) in [5.74, 6) is -0.230. The van der Waals surface area contributed by atoms with Crippen LogP contribution in [0.5, 0.6) is 0 Å². The van der Waals surface area contributed by atoms with Crippen molar-refractivity contribution in [2.75, 3.05) is 5.32 Å². The highest BCUT2D eigenvalue weighted by Crippen LogP contribution is 2.17. The fourth-order valence-corrected chi connectivity index (χ4v) is 2.04. The molecule has 3 rings (SSSR count). The zero-order valence-corrected chi connectivity index (χ0v) is 11.9. The summed E-state index contributed by atoms with van der Waals surface area (Å²) in [6.07, 6.45) is 4.73. The molecule has 0 aliphatic carbocycles. The molecule has 21 heavy (non-hydrogen) atoms. The minimum Gasteiger partial charge on any atom is -0.321 e. The van der Waals surface area contributed by atoms with Crippen molar-refractivity contribution >= 4 is 34.2 Å². The summed E-state index contributed by atoms with van der Waals surface area (Å²) in [7, 11) is 0. The quantitative estimate of drug-likeness (QED) is 0.738. The summed E-state index contributed by atoms with van der Waals surface area (Å²) in [6, 6.07) is 6.95. The summed E-state index contributed by atoms with van der Waals surface area (Å²) < 4.78 is 0. The van der Waals surface area contributed by atoms with Gasteiger partial charge in [-0.05, 0) is 36.8 Å². The third kappa shape index (κ3) is 2.83. The van der Waals surface area contributed by atoms with Crippen LogP contribution >= 0.6 is 11.6 Å². The SMILES string of the molecule is Cc1cc(NC(=O)c2ccc3nccnc3c2)cnc1Cl. The van der Waals surface area contributed by atoms with E-state index in [0.29, 0.717) is 21.9 Å². The van der Waals surface area contributed by atoms with Gasteiger partial charge in [-0.25, -0.2) is 4.98 Å². The second-order valence-electron chi connectivity index (χ2n) is 4.55. The molecule has 3 aromatic rings. The van der Waals surface area contributed by atoms with Gasteiger partial charge in [0.05, 0.1) is 22.9 Å². The highest BCUT2D eigenvalue weighted by atomic mass is 35.5. The number of carbonyl (C=O) groups excluding carboxylic acids is 1. The van der Waals surface area contributed by atoms with E-state index in [-0.39, 0.29) is 5.91 Å². The Bertz CT molecular complexity index is 835. The van der Waals surface area contributed by atoms with Gasteiger partial charge < -0.3 is 5.32 Å². The van der Waals surface area contributed by atoms with Crippen molar-refractivity contribution in [3.63, 3.8) is 0 Å². The van der Waals surface area contributed by atoms with E-state index in [1.54, 1.807) is 36.7 Å². The van der Waals surface area contributed by atoms with Crippen LogP contribution in [-0.4, -0.2) is 20.9 Å². The van der Waals surface area contributed by atoms with Crippen LogP contribution in [0.2, 0.25) is 5.15 Å². The van der Waals surface area contributed by atoms with Gasteiger partial charge in [0.2, 0.25) is 0 Å². The molecule has 0 radical (unpaired) electrons. The van der Waals surface area contributed by atoms with Gasteiger partial charge in [0.25, 0.3) is 5.91 Å². The lowest BCUT2D eigenvalue weighted by molar-refractivity contribution is 0.102. The second kappa shape index (κ2) is 5.46. The van der Waals surface area contributed by atoms with Gasteiger partial charge in [0.15, 0.2) is 0 Å². The van der Waals surface area contributed by atoms with Gasteiger partial charge in [0, 0.05) is 18.0 Å². The molecule has 6 heteroatoms. The number of halogens is 1. The van der Waals surface area contributed by atoms with E-state index < -0.39 is 0 Å². The number of hydrogen-bond acceptors (Lipinski definition) is 4. The monoisotopic (exact) mass is 298 g/mol. The zero-order chi connectivity index (χ0) is 14.8. The first kappa shape index (κ1) is 13.5. The lowest BCUT2D eigenvalue weighted by Gasteiger charge is -2.07. The molecular formula is C15H11ClN4O. The number of rotatable bonds is 2. The average Bonchev–Trinajstić information content (AvgIpc) is 2.50. The summed E-state index contributed by atoms with van der Waals surface area (Å²) in [4.78, 5) is 24.6. The molecule has 0 fully saturated rings. The van der Waals surface area contributed by atoms with E-state index in [1.165, 1.54) is 6.20 Å². The molecule has 0 aliphatic heterocycles.